The highest BCUT2D eigenvalue weighted by atomic mass is 16.5. The molecule has 30 heavy (non-hydrogen) atoms. The van der Waals surface area contributed by atoms with Gasteiger partial charge in [0.15, 0.2) is 12.4 Å². The van der Waals surface area contributed by atoms with Gasteiger partial charge in [-0.1, -0.05) is 25.1 Å². The van der Waals surface area contributed by atoms with E-state index in [1.54, 1.807) is 24.3 Å². The molecule has 0 aliphatic rings. The van der Waals surface area contributed by atoms with Crippen molar-refractivity contribution in [3.05, 3.63) is 59.7 Å². The number of hydrogen-bond acceptors (Lipinski definition) is 5. The predicted octanol–water partition coefficient (Wildman–Crippen LogP) is 3.74. The van der Waals surface area contributed by atoms with Gasteiger partial charge >= 0.3 is 5.97 Å². The van der Waals surface area contributed by atoms with E-state index in [1.165, 1.54) is 6.92 Å². The minimum Gasteiger partial charge on any atom is -0.456 e. The molecular formula is C23H26N2O5. The summed E-state index contributed by atoms with van der Waals surface area (Å²) >= 11 is 0. The van der Waals surface area contributed by atoms with Crippen molar-refractivity contribution in [1.29, 1.82) is 0 Å². The first-order chi connectivity index (χ1) is 14.4. The van der Waals surface area contributed by atoms with Gasteiger partial charge in [0.1, 0.15) is 0 Å². The first-order valence-corrected chi connectivity index (χ1v) is 9.83. The summed E-state index contributed by atoms with van der Waals surface area (Å²) < 4.78 is 4.94. The molecule has 0 saturated heterocycles. The Labute approximate surface area is 175 Å². The summed E-state index contributed by atoms with van der Waals surface area (Å²) in [5, 5.41) is 5.43. The van der Waals surface area contributed by atoms with Crippen molar-refractivity contribution in [3.8, 4) is 0 Å². The monoisotopic (exact) mass is 410 g/mol. The molecule has 2 aromatic rings. The normalized spacial score (nSPS) is 10.2. The molecule has 2 amide bonds. The summed E-state index contributed by atoms with van der Waals surface area (Å²) in [4.78, 5) is 46.9. The number of ether oxygens (including phenoxy) is 1. The molecule has 0 heterocycles. The van der Waals surface area contributed by atoms with Gasteiger partial charge in [0, 0.05) is 29.8 Å². The van der Waals surface area contributed by atoms with Crippen molar-refractivity contribution < 1.29 is 23.9 Å². The van der Waals surface area contributed by atoms with Crippen LogP contribution in [0.15, 0.2) is 48.5 Å². The van der Waals surface area contributed by atoms with Crippen molar-refractivity contribution in [3.63, 3.8) is 0 Å². The van der Waals surface area contributed by atoms with Crippen LogP contribution in [-0.4, -0.2) is 30.2 Å². The third-order valence-corrected chi connectivity index (χ3v) is 4.40. The van der Waals surface area contributed by atoms with Crippen molar-refractivity contribution in [2.24, 2.45) is 0 Å². The first kappa shape index (κ1) is 22.8. The standard InChI is InChI=1S/C23H26N2O5/c1-3-17-7-4-5-8-20(17)25-21(27)9-6-10-23(29)30-15-22(28)24-19-13-11-18(12-14-19)16(2)26/h4-5,7-8,11-14H,3,6,9-10,15H2,1-2H3,(H,24,28)(H,25,27). The number of carbonyl (C=O) groups excluding carboxylic acids is 4. The van der Waals surface area contributed by atoms with Crippen LogP contribution in [0.3, 0.4) is 0 Å². The molecule has 0 radical (unpaired) electrons. The molecule has 0 saturated carbocycles. The summed E-state index contributed by atoms with van der Waals surface area (Å²) in [5.74, 6) is -1.26. The molecular weight excluding hydrogens is 384 g/mol. The predicted molar refractivity (Wildman–Crippen MR) is 114 cm³/mol. The molecule has 0 spiro atoms. The van der Waals surface area contributed by atoms with Gasteiger partial charge in [-0.2, -0.15) is 0 Å². The third kappa shape index (κ3) is 7.50. The Kier molecular flexibility index (Phi) is 8.75. The molecule has 2 aromatic carbocycles. The first-order valence-electron chi connectivity index (χ1n) is 9.83. The highest BCUT2D eigenvalue weighted by molar-refractivity contribution is 5.96. The van der Waals surface area contributed by atoms with E-state index in [0.29, 0.717) is 17.7 Å². The number of nitrogens with one attached hydrogen (secondary N) is 2. The molecule has 7 heteroatoms. The minimum atomic E-state index is -0.543. The molecule has 2 rings (SSSR count). The lowest BCUT2D eigenvalue weighted by molar-refractivity contribution is -0.147. The summed E-state index contributed by atoms with van der Waals surface area (Å²) in [6.45, 7) is 3.06. The lowest BCUT2D eigenvalue weighted by Gasteiger charge is -2.09. The van der Waals surface area contributed by atoms with Gasteiger partial charge in [-0.3, -0.25) is 19.2 Å². The van der Waals surface area contributed by atoms with E-state index in [2.05, 4.69) is 10.6 Å². The average Bonchev–Trinajstić information content (AvgIpc) is 2.73. The number of benzene rings is 2. The number of ketones is 1. The van der Waals surface area contributed by atoms with Crippen molar-refractivity contribution in [2.45, 2.75) is 39.5 Å². The number of aryl methyl sites for hydroxylation is 1. The third-order valence-electron chi connectivity index (χ3n) is 4.40. The molecule has 0 unspecified atom stereocenters. The second-order valence-corrected chi connectivity index (χ2v) is 6.75. The number of Topliss-reactive ketones (excluding diaryl/α,β-unsaturated/α-hetero) is 1. The quantitative estimate of drug-likeness (QED) is 0.459. The summed E-state index contributed by atoms with van der Waals surface area (Å²) in [7, 11) is 0. The molecule has 2 N–H and O–H groups in total. The van der Waals surface area contributed by atoms with Crippen molar-refractivity contribution in [1.82, 2.24) is 0 Å². The van der Waals surface area contributed by atoms with Crippen LogP contribution in [0, 0.1) is 0 Å². The van der Waals surface area contributed by atoms with E-state index in [9.17, 15) is 19.2 Å². The minimum absolute atomic E-state index is 0.0451. The molecule has 0 aliphatic heterocycles. The Hall–Kier alpha value is -3.48. The zero-order valence-electron chi connectivity index (χ0n) is 17.2. The Morgan fingerprint density at radius 2 is 1.57 bits per heavy atom. The molecule has 0 atom stereocenters. The smallest absolute Gasteiger partial charge is 0.306 e. The van der Waals surface area contributed by atoms with Gasteiger partial charge < -0.3 is 15.4 Å². The molecule has 0 aliphatic carbocycles. The Bertz CT molecular complexity index is 906. The zero-order valence-corrected chi connectivity index (χ0v) is 17.2. The van der Waals surface area contributed by atoms with Gasteiger partial charge in [-0.25, -0.2) is 0 Å². The van der Waals surface area contributed by atoms with Crippen LogP contribution in [0.5, 0.6) is 0 Å². The highest BCUT2D eigenvalue weighted by Crippen LogP contribution is 2.16. The molecule has 158 valence electrons. The number of rotatable bonds is 10. The Morgan fingerprint density at radius 3 is 2.23 bits per heavy atom. The average molecular weight is 410 g/mol. The van der Waals surface area contributed by atoms with Gasteiger partial charge in [0.25, 0.3) is 5.91 Å². The van der Waals surface area contributed by atoms with Gasteiger partial charge in [-0.05, 0) is 55.7 Å². The van der Waals surface area contributed by atoms with Gasteiger partial charge in [-0.15, -0.1) is 0 Å². The molecule has 0 aromatic heterocycles. The number of esters is 1. The fraction of sp³-hybridized carbons (Fsp3) is 0.304. The van der Waals surface area contributed by atoms with Crippen LogP contribution in [0.2, 0.25) is 0 Å². The van der Waals surface area contributed by atoms with Crippen LogP contribution >= 0.6 is 0 Å². The molecule has 7 nitrogen and oxygen atoms in total. The second-order valence-electron chi connectivity index (χ2n) is 6.75. The summed E-state index contributed by atoms with van der Waals surface area (Å²) in [6.07, 6.45) is 1.37. The fourth-order valence-corrected chi connectivity index (χ4v) is 2.76. The molecule has 0 bridgehead atoms. The Morgan fingerprint density at radius 1 is 0.867 bits per heavy atom. The number of amides is 2. The number of carbonyl (C=O) groups is 4. The van der Waals surface area contributed by atoms with Crippen LogP contribution in [0.1, 0.15) is 49.0 Å². The zero-order chi connectivity index (χ0) is 21.9. The highest BCUT2D eigenvalue weighted by Gasteiger charge is 2.11. The lowest BCUT2D eigenvalue weighted by Crippen LogP contribution is -2.21. The van der Waals surface area contributed by atoms with E-state index in [0.717, 1.165) is 17.7 Å². The topological polar surface area (TPSA) is 102 Å². The maximum absolute atomic E-state index is 12.0. The summed E-state index contributed by atoms with van der Waals surface area (Å²) in [5.41, 5.74) is 2.87. The van der Waals surface area contributed by atoms with Crippen LogP contribution in [0.25, 0.3) is 0 Å². The maximum atomic E-state index is 12.0. The molecule has 0 fully saturated rings. The van der Waals surface area contributed by atoms with E-state index in [1.807, 2.05) is 31.2 Å². The summed E-state index contributed by atoms with van der Waals surface area (Å²) in [6, 6.07) is 14.0. The maximum Gasteiger partial charge on any atom is 0.306 e. The van der Waals surface area contributed by atoms with Crippen LogP contribution in [0.4, 0.5) is 11.4 Å². The number of anilines is 2. The fourth-order valence-electron chi connectivity index (χ4n) is 2.76. The van der Waals surface area contributed by atoms with Crippen molar-refractivity contribution in [2.75, 3.05) is 17.2 Å². The van der Waals surface area contributed by atoms with E-state index >= 15 is 0 Å². The van der Waals surface area contributed by atoms with E-state index in [-0.39, 0.29) is 24.5 Å². The second kappa shape index (κ2) is 11.5. The van der Waals surface area contributed by atoms with Gasteiger partial charge in [0.05, 0.1) is 0 Å². The van der Waals surface area contributed by atoms with Crippen LogP contribution in [-0.2, 0) is 25.5 Å². The Balaban J connectivity index is 1.66. The SMILES string of the molecule is CCc1ccccc1NC(=O)CCCC(=O)OCC(=O)Nc1ccc(C(C)=O)cc1. The van der Waals surface area contributed by atoms with E-state index < -0.39 is 18.5 Å². The van der Waals surface area contributed by atoms with E-state index in [4.69, 9.17) is 4.74 Å². The number of hydrogen-bond donors (Lipinski definition) is 2. The largest absolute Gasteiger partial charge is 0.456 e. The lowest BCUT2D eigenvalue weighted by atomic mass is 10.1. The van der Waals surface area contributed by atoms with Gasteiger partial charge in [0.2, 0.25) is 5.91 Å². The van der Waals surface area contributed by atoms with Crippen molar-refractivity contribution >= 4 is 34.9 Å². The number of para-hydroxylation sites is 1. The van der Waals surface area contributed by atoms with Crippen LogP contribution < -0.4 is 10.6 Å².